The molecule has 0 amide bonds. The summed E-state index contributed by atoms with van der Waals surface area (Å²) >= 11 is 0. The molecular formula is C29H50O4. The molecule has 4 rings (SSSR count). The Morgan fingerprint density at radius 1 is 0.970 bits per heavy atom. The summed E-state index contributed by atoms with van der Waals surface area (Å²) in [5.41, 5.74) is 0.406. The summed E-state index contributed by atoms with van der Waals surface area (Å²) < 4.78 is 0. The van der Waals surface area contributed by atoms with Gasteiger partial charge in [0.15, 0.2) is 0 Å². The van der Waals surface area contributed by atoms with Crippen molar-refractivity contribution in [3.8, 4) is 0 Å². The van der Waals surface area contributed by atoms with Gasteiger partial charge in [-0.3, -0.25) is 0 Å². The molecule has 4 aliphatic rings. The zero-order valence-electron chi connectivity index (χ0n) is 22.0. The first kappa shape index (κ1) is 25.7. The van der Waals surface area contributed by atoms with Crippen LogP contribution >= 0.6 is 0 Å². The summed E-state index contributed by atoms with van der Waals surface area (Å²) in [6, 6.07) is 0. The van der Waals surface area contributed by atoms with Gasteiger partial charge in [0.25, 0.3) is 0 Å². The van der Waals surface area contributed by atoms with Crippen molar-refractivity contribution in [2.24, 2.45) is 40.4 Å². The van der Waals surface area contributed by atoms with Crippen molar-refractivity contribution in [2.45, 2.75) is 130 Å². The highest BCUT2D eigenvalue weighted by atomic mass is 16.4. The molecule has 0 aromatic carbocycles. The van der Waals surface area contributed by atoms with Gasteiger partial charge in [0.2, 0.25) is 0 Å². The molecule has 4 N–H and O–H groups in total. The molecule has 190 valence electrons. The Bertz CT molecular complexity index is 761. The predicted molar refractivity (Wildman–Crippen MR) is 133 cm³/mol. The fourth-order valence-electron chi connectivity index (χ4n) is 9.13. The Morgan fingerprint density at radius 2 is 1.67 bits per heavy atom. The highest BCUT2D eigenvalue weighted by Gasteiger charge is 2.65. The Hall–Kier alpha value is -0.420. The van der Waals surface area contributed by atoms with Crippen LogP contribution in [0.15, 0.2) is 11.1 Å². The van der Waals surface area contributed by atoms with E-state index in [0.717, 1.165) is 36.7 Å². The summed E-state index contributed by atoms with van der Waals surface area (Å²) in [5, 5.41) is 44.5. The van der Waals surface area contributed by atoms with Crippen LogP contribution in [0.1, 0.15) is 106 Å². The van der Waals surface area contributed by atoms with E-state index in [4.69, 9.17) is 0 Å². The Morgan fingerprint density at radius 3 is 2.30 bits per heavy atom. The molecular weight excluding hydrogens is 412 g/mol. The third kappa shape index (κ3) is 3.77. The summed E-state index contributed by atoms with van der Waals surface area (Å²) in [4.78, 5) is 0. The van der Waals surface area contributed by atoms with E-state index >= 15 is 0 Å². The highest BCUT2D eigenvalue weighted by molar-refractivity contribution is 5.41. The van der Waals surface area contributed by atoms with E-state index in [1.807, 2.05) is 0 Å². The van der Waals surface area contributed by atoms with Gasteiger partial charge in [-0.05, 0) is 85.5 Å². The van der Waals surface area contributed by atoms with Crippen molar-refractivity contribution in [2.75, 3.05) is 0 Å². The molecule has 4 heteroatoms. The van der Waals surface area contributed by atoms with Gasteiger partial charge in [0.05, 0.1) is 6.10 Å². The maximum Gasteiger partial charge on any atom is 0.113 e. The van der Waals surface area contributed by atoms with Gasteiger partial charge < -0.3 is 20.4 Å². The first-order valence-corrected chi connectivity index (χ1v) is 13.9. The van der Waals surface area contributed by atoms with E-state index in [0.29, 0.717) is 30.6 Å². The summed E-state index contributed by atoms with van der Waals surface area (Å²) in [6.45, 7) is 14.0. The minimum atomic E-state index is -1.45. The van der Waals surface area contributed by atoms with Crippen LogP contribution in [0, 0.1) is 40.4 Å². The second kappa shape index (κ2) is 8.91. The van der Waals surface area contributed by atoms with E-state index in [9.17, 15) is 20.4 Å². The predicted octanol–water partition coefficient (Wildman–Crippen LogP) is 5.23. The highest BCUT2D eigenvalue weighted by Crippen LogP contribution is 2.66. The van der Waals surface area contributed by atoms with Crippen LogP contribution in [0.25, 0.3) is 0 Å². The fourth-order valence-corrected chi connectivity index (χ4v) is 9.13. The SMILES string of the molecule is CCC(CCC(C)C1CCC2C3=C(CCC21C)C1(C)CCC(O)CC1(O)C(O)C3O)C(C)C. The maximum absolute atomic E-state index is 11.6. The monoisotopic (exact) mass is 462 g/mol. The summed E-state index contributed by atoms with van der Waals surface area (Å²) in [7, 11) is 0. The van der Waals surface area contributed by atoms with Gasteiger partial charge in [-0.1, -0.05) is 60.0 Å². The number of aliphatic hydroxyl groups is 4. The molecule has 10 atom stereocenters. The van der Waals surface area contributed by atoms with Crippen LogP contribution in [-0.2, 0) is 0 Å². The van der Waals surface area contributed by atoms with Gasteiger partial charge in [0, 0.05) is 11.8 Å². The average molecular weight is 463 g/mol. The minimum Gasteiger partial charge on any atom is -0.393 e. The van der Waals surface area contributed by atoms with Gasteiger partial charge in [-0.25, -0.2) is 0 Å². The van der Waals surface area contributed by atoms with Crippen molar-refractivity contribution < 1.29 is 20.4 Å². The van der Waals surface area contributed by atoms with E-state index in [2.05, 4.69) is 41.5 Å². The largest absolute Gasteiger partial charge is 0.393 e. The molecule has 4 aliphatic carbocycles. The quantitative estimate of drug-likeness (QED) is 0.408. The number of fused-ring (bicyclic) bond motifs is 4. The number of rotatable bonds is 6. The molecule has 0 aromatic heterocycles. The second-order valence-corrected chi connectivity index (χ2v) is 13.2. The topological polar surface area (TPSA) is 80.9 Å². The van der Waals surface area contributed by atoms with Crippen LogP contribution in [0.5, 0.6) is 0 Å². The normalized spacial score (nSPS) is 47.2. The van der Waals surface area contributed by atoms with Gasteiger partial charge in [0.1, 0.15) is 17.8 Å². The molecule has 0 radical (unpaired) electrons. The van der Waals surface area contributed by atoms with Gasteiger partial charge in [-0.15, -0.1) is 0 Å². The zero-order valence-corrected chi connectivity index (χ0v) is 22.0. The summed E-state index contributed by atoms with van der Waals surface area (Å²) in [5.74, 6) is 3.14. The molecule has 10 unspecified atom stereocenters. The molecule has 0 aromatic rings. The van der Waals surface area contributed by atoms with E-state index in [1.54, 1.807) is 0 Å². The first-order chi connectivity index (χ1) is 15.4. The molecule has 0 heterocycles. The molecule has 33 heavy (non-hydrogen) atoms. The molecule has 0 saturated heterocycles. The van der Waals surface area contributed by atoms with Crippen molar-refractivity contribution in [1.29, 1.82) is 0 Å². The molecule has 0 aliphatic heterocycles. The average Bonchev–Trinajstić information content (AvgIpc) is 3.11. The first-order valence-electron chi connectivity index (χ1n) is 13.9. The van der Waals surface area contributed by atoms with Crippen LogP contribution < -0.4 is 0 Å². The number of hydrogen-bond donors (Lipinski definition) is 4. The van der Waals surface area contributed by atoms with Crippen LogP contribution in [0.2, 0.25) is 0 Å². The minimum absolute atomic E-state index is 0.147. The maximum atomic E-state index is 11.6. The van der Waals surface area contributed by atoms with Crippen LogP contribution in [0.3, 0.4) is 0 Å². The molecule has 0 bridgehead atoms. The van der Waals surface area contributed by atoms with Crippen LogP contribution in [-0.4, -0.2) is 44.3 Å². The Balaban J connectivity index is 1.62. The second-order valence-electron chi connectivity index (χ2n) is 13.2. The Kier molecular flexibility index (Phi) is 6.93. The number of hydrogen-bond acceptors (Lipinski definition) is 4. The number of aliphatic hydroxyl groups excluding tert-OH is 3. The van der Waals surface area contributed by atoms with Crippen molar-refractivity contribution >= 4 is 0 Å². The smallest absolute Gasteiger partial charge is 0.113 e. The summed E-state index contributed by atoms with van der Waals surface area (Å²) in [6.07, 6.45) is 6.70. The Labute approximate surface area is 201 Å². The van der Waals surface area contributed by atoms with E-state index in [-0.39, 0.29) is 11.8 Å². The van der Waals surface area contributed by atoms with Crippen molar-refractivity contribution in [3.05, 3.63) is 11.1 Å². The lowest BCUT2D eigenvalue weighted by Crippen LogP contribution is -2.67. The lowest BCUT2D eigenvalue weighted by molar-refractivity contribution is -0.216. The van der Waals surface area contributed by atoms with Crippen molar-refractivity contribution in [1.82, 2.24) is 0 Å². The third-order valence-corrected chi connectivity index (χ3v) is 11.4. The van der Waals surface area contributed by atoms with Gasteiger partial charge in [-0.2, -0.15) is 0 Å². The van der Waals surface area contributed by atoms with E-state index in [1.165, 1.54) is 31.3 Å². The lowest BCUT2D eigenvalue weighted by Gasteiger charge is -2.61. The zero-order chi connectivity index (χ0) is 24.3. The molecule has 0 spiro atoms. The van der Waals surface area contributed by atoms with Gasteiger partial charge >= 0.3 is 0 Å². The molecule has 4 nitrogen and oxygen atoms in total. The van der Waals surface area contributed by atoms with Crippen molar-refractivity contribution in [3.63, 3.8) is 0 Å². The standard InChI is InChI=1S/C29H50O4/c1-7-19(17(2)3)9-8-18(4)21-10-11-22-24-23(13-14-27(21,22)5)28(6)15-12-20(30)16-29(28,33)26(32)25(24)31/h17-22,25-26,30-33H,7-16H2,1-6H3. The van der Waals surface area contributed by atoms with Crippen LogP contribution in [0.4, 0.5) is 0 Å². The lowest BCUT2D eigenvalue weighted by atomic mass is 9.47. The molecule has 2 saturated carbocycles. The molecule has 2 fully saturated rings. The third-order valence-electron chi connectivity index (χ3n) is 11.4. The fraction of sp³-hybridized carbons (Fsp3) is 0.931. The van der Waals surface area contributed by atoms with E-state index < -0.39 is 29.3 Å².